The number of thiazole rings is 1. The van der Waals surface area contributed by atoms with Crippen molar-refractivity contribution in [3.63, 3.8) is 0 Å². The largest absolute Gasteiger partial charge is 0.297 e. The number of aryl methyl sites for hydroxylation is 1. The smallest absolute Gasteiger partial charge is 0.259 e. The summed E-state index contributed by atoms with van der Waals surface area (Å²) in [4.78, 5) is 32.2. The van der Waals surface area contributed by atoms with Gasteiger partial charge in [0.1, 0.15) is 11.6 Å². The molecule has 1 aliphatic rings. The molecular weight excluding hydrogens is 384 g/mol. The Bertz CT molecular complexity index is 1100. The summed E-state index contributed by atoms with van der Waals surface area (Å²) in [5.74, 6) is -1.96. The molecule has 1 fully saturated rings. The third-order valence-electron chi connectivity index (χ3n) is 5.17. The zero-order valence-electron chi connectivity index (χ0n) is 15.3. The molecule has 0 aliphatic carbocycles. The standard InChI is InChI=1S/C20H19F2N3O2S/c1-12-11-28-20-23-15(9-18(26)25(12)20)10-24-6-4-13(5-7-24)19(27)16-8-14(21)2-3-17(16)22/h2-3,8-9,11,13H,4-7,10H2,1H3. The van der Waals surface area contributed by atoms with E-state index in [1.54, 1.807) is 10.5 Å². The minimum atomic E-state index is -0.682. The summed E-state index contributed by atoms with van der Waals surface area (Å²) < 4.78 is 28.8. The Kier molecular flexibility index (Phi) is 5.07. The minimum Gasteiger partial charge on any atom is -0.297 e. The van der Waals surface area contributed by atoms with Gasteiger partial charge in [0.05, 0.1) is 11.3 Å². The van der Waals surface area contributed by atoms with Gasteiger partial charge in [-0.05, 0) is 51.1 Å². The fraction of sp³-hybridized carbons (Fsp3) is 0.350. The monoisotopic (exact) mass is 403 g/mol. The molecule has 5 nitrogen and oxygen atoms in total. The van der Waals surface area contributed by atoms with E-state index in [2.05, 4.69) is 9.88 Å². The molecule has 0 unspecified atom stereocenters. The van der Waals surface area contributed by atoms with E-state index in [9.17, 15) is 18.4 Å². The summed E-state index contributed by atoms with van der Waals surface area (Å²) in [6.45, 7) is 3.67. The number of benzene rings is 1. The highest BCUT2D eigenvalue weighted by Gasteiger charge is 2.28. The molecule has 1 saturated heterocycles. The van der Waals surface area contributed by atoms with Crippen molar-refractivity contribution in [2.24, 2.45) is 5.92 Å². The van der Waals surface area contributed by atoms with E-state index >= 15 is 0 Å². The van der Waals surface area contributed by atoms with Crippen molar-refractivity contribution in [1.82, 2.24) is 14.3 Å². The first-order valence-electron chi connectivity index (χ1n) is 9.11. The number of hydrogen-bond acceptors (Lipinski definition) is 5. The second-order valence-electron chi connectivity index (χ2n) is 7.12. The van der Waals surface area contributed by atoms with Gasteiger partial charge in [-0.25, -0.2) is 13.8 Å². The summed E-state index contributed by atoms with van der Waals surface area (Å²) in [7, 11) is 0. The van der Waals surface area contributed by atoms with Gasteiger partial charge in [0.2, 0.25) is 0 Å². The second kappa shape index (κ2) is 7.52. The molecule has 0 bridgehead atoms. The Morgan fingerprint density at radius 2 is 2.00 bits per heavy atom. The summed E-state index contributed by atoms with van der Waals surface area (Å²) in [6.07, 6.45) is 1.13. The third-order valence-corrected chi connectivity index (χ3v) is 6.11. The van der Waals surface area contributed by atoms with Crippen molar-refractivity contribution in [3.8, 4) is 0 Å². The van der Waals surface area contributed by atoms with Crippen LogP contribution in [0.5, 0.6) is 0 Å². The lowest BCUT2D eigenvalue weighted by molar-refractivity contribution is 0.0829. The van der Waals surface area contributed by atoms with E-state index in [4.69, 9.17) is 0 Å². The number of ketones is 1. The highest BCUT2D eigenvalue weighted by molar-refractivity contribution is 7.15. The van der Waals surface area contributed by atoms with Crippen LogP contribution in [0.2, 0.25) is 0 Å². The molecule has 4 rings (SSSR count). The highest BCUT2D eigenvalue weighted by Crippen LogP contribution is 2.24. The first kappa shape index (κ1) is 18.9. The van der Waals surface area contributed by atoms with Crippen LogP contribution in [-0.4, -0.2) is 33.2 Å². The Labute approximate surface area is 164 Å². The number of Topliss-reactive ketones (excluding diaryl/α,β-unsaturated/α-hetero) is 1. The van der Waals surface area contributed by atoms with Crippen LogP contribution in [-0.2, 0) is 6.54 Å². The normalized spacial score (nSPS) is 16.0. The molecule has 146 valence electrons. The number of fused-ring (bicyclic) bond motifs is 1. The number of nitrogens with zero attached hydrogens (tertiary/aromatic N) is 3. The molecule has 0 atom stereocenters. The lowest BCUT2D eigenvalue weighted by Gasteiger charge is -2.31. The van der Waals surface area contributed by atoms with Crippen molar-refractivity contribution < 1.29 is 13.6 Å². The maximum atomic E-state index is 13.9. The van der Waals surface area contributed by atoms with Crippen LogP contribution in [0, 0.1) is 24.5 Å². The maximum absolute atomic E-state index is 13.9. The molecule has 3 heterocycles. The molecule has 2 aromatic heterocycles. The molecule has 0 amide bonds. The Morgan fingerprint density at radius 1 is 1.25 bits per heavy atom. The Morgan fingerprint density at radius 3 is 2.75 bits per heavy atom. The predicted molar refractivity (Wildman–Crippen MR) is 103 cm³/mol. The van der Waals surface area contributed by atoms with E-state index in [1.165, 1.54) is 11.3 Å². The number of rotatable bonds is 4. The van der Waals surface area contributed by atoms with Crippen LogP contribution in [0.25, 0.3) is 4.96 Å². The molecule has 0 radical (unpaired) electrons. The van der Waals surface area contributed by atoms with E-state index in [0.717, 1.165) is 23.9 Å². The van der Waals surface area contributed by atoms with E-state index < -0.39 is 11.6 Å². The van der Waals surface area contributed by atoms with Crippen molar-refractivity contribution in [1.29, 1.82) is 0 Å². The van der Waals surface area contributed by atoms with Crippen molar-refractivity contribution in [3.05, 3.63) is 68.6 Å². The van der Waals surface area contributed by atoms with E-state index in [-0.39, 0.29) is 22.8 Å². The van der Waals surface area contributed by atoms with E-state index in [0.29, 0.717) is 43.1 Å². The molecule has 0 spiro atoms. The molecule has 3 aromatic rings. The first-order valence-corrected chi connectivity index (χ1v) is 9.99. The number of aromatic nitrogens is 2. The number of carbonyl (C=O) groups is 1. The number of hydrogen-bond donors (Lipinski definition) is 0. The molecular formula is C20H19F2N3O2S. The highest BCUT2D eigenvalue weighted by atomic mass is 32.1. The average Bonchev–Trinajstić information content (AvgIpc) is 3.05. The zero-order valence-corrected chi connectivity index (χ0v) is 16.1. The fourth-order valence-electron chi connectivity index (χ4n) is 3.67. The zero-order chi connectivity index (χ0) is 19.8. The summed E-state index contributed by atoms with van der Waals surface area (Å²) >= 11 is 1.43. The number of piperidine rings is 1. The van der Waals surface area contributed by atoms with Crippen LogP contribution in [0.4, 0.5) is 8.78 Å². The molecule has 0 N–H and O–H groups in total. The summed E-state index contributed by atoms with van der Waals surface area (Å²) in [5.41, 5.74) is 1.30. The number of likely N-dealkylation sites (tertiary alicyclic amines) is 1. The average molecular weight is 403 g/mol. The van der Waals surface area contributed by atoms with Gasteiger partial charge in [-0.15, -0.1) is 11.3 Å². The van der Waals surface area contributed by atoms with Crippen LogP contribution >= 0.6 is 11.3 Å². The van der Waals surface area contributed by atoms with Gasteiger partial charge in [0.25, 0.3) is 5.56 Å². The van der Waals surface area contributed by atoms with E-state index in [1.807, 2.05) is 12.3 Å². The minimum absolute atomic E-state index is 0.0922. The van der Waals surface area contributed by atoms with Gasteiger partial charge in [0, 0.05) is 29.6 Å². The molecule has 1 aromatic carbocycles. The lowest BCUT2D eigenvalue weighted by atomic mass is 9.88. The van der Waals surface area contributed by atoms with Gasteiger partial charge in [-0.1, -0.05) is 0 Å². The maximum Gasteiger partial charge on any atom is 0.259 e. The lowest BCUT2D eigenvalue weighted by Crippen LogP contribution is -2.36. The molecule has 0 saturated carbocycles. The Hall–Kier alpha value is -2.45. The summed E-state index contributed by atoms with van der Waals surface area (Å²) in [6, 6.07) is 4.52. The quantitative estimate of drug-likeness (QED) is 0.627. The fourth-order valence-corrected chi connectivity index (χ4v) is 4.56. The SMILES string of the molecule is Cc1csc2nc(CN3CCC(C(=O)c4cc(F)ccc4F)CC3)cc(=O)n12. The summed E-state index contributed by atoms with van der Waals surface area (Å²) in [5, 5.41) is 1.90. The Balaban J connectivity index is 1.42. The van der Waals surface area contributed by atoms with Gasteiger partial charge >= 0.3 is 0 Å². The third kappa shape index (κ3) is 3.62. The van der Waals surface area contributed by atoms with Gasteiger partial charge < -0.3 is 0 Å². The topological polar surface area (TPSA) is 54.7 Å². The molecule has 1 aliphatic heterocycles. The van der Waals surface area contributed by atoms with Crippen LogP contribution in [0.1, 0.15) is 34.6 Å². The number of carbonyl (C=O) groups excluding carboxylic acids is 1. The van der Waals surface area contributed by atoms with Crippen molar-refractivity contribution >= 4 is 22.1 Å². The van der Waals surface area contributed by atoms with Crippen molar-refractivity contribution in [2.75, 3.05) is 13.1 Å². The molecule has 8 heteroatoms. The van der Waals surface area contributed by atoms with Gasteiger partial charge in [-0.3, -0.25) is 18.9 Å². The van der Waals surface area contributed by atoms with Gasteiger partial charge in [0.15, 0.2) is 10.7 Å². The first-order chi connectivity index (χ1) is 13.4. The van der Waals surface area contributed by atoms with Crippen LogP contribution in [0.3, 0.4) is 0 Å². The van der Waals surface area contributed by atoms with Crippen LogP contribution in [0.15, 0.2) is 34.4 Å². The molecule has 28 heavy (non-hydrogen) atoms. The second-order valence-corrected chi connectivity index (χ2v) is 7.96. The van der Waals surface area contributed by atoms with Gasteiger partial charge in [-0.2, -0.15) is 0 Å². The number of halogens is 2. The predicted octanol–water partition coefficient (Wildman–Crippen LogP) is 3.44. The van der Waals surface area contributed by atoms with Crippen LogP contribution < -0.4 is 5.56 Å². The van der Waals surface area contributed by atoms with Crippen molar-refractivity contribution in [2.45, 2.75) is 26.3 Å².